The summed E-state index contributed by atoms with van der Waals surface area (Å²) in [5.41, 5.74) is 3.44. The summed E-state index contributed by atoms with van der Waals surface area (Å²) in [5.74, 6) is -1.31. The number of carbonyl (C=O) groups excluding carboxylic acids is 1. The molecule has 1 amide bonds. The SMILES string of the molecule is O=C(CCc1ccc(-c2ccccc2)cc1)NC1CCCC1C(=O)O. The number of amides is 1. The molecule has 0 spiro atoms. The first-order valence-corrected chi connectivity index (χ1v) is 8.80. The second kappa shape index (κ2) is 7.97. The molecule has 130 valence electrons. The van der Waals surface area contributed by atoms with E-state index in [0.29, 0.717) is 19.3 Å². The minimum Gasteiger partial charge on any atom is -0.481 e. The number of hydrogen-bond acceptors (Lipinski definition) is 2. The third-order valence-electron chi connectivity index (χ3n) is 4.88. The molecule has 1 fully saturated rings. The van der Waals surface area contributed by atoms with Crippen molar-refractivity contribution in [3.05, 3.63) is 60.2 Å². The molecular formula is C21H23NO3. The van der Waals surface area contributed by atoms with Gasteiger partial charge in [-0.3, -0.25) is 9.59 Å². The maximum Gasteiger partial charge on any atom is 0.308 e. The molecule has 0 bridgehead atoms. The van der Waals surface area contributed by atoms with E-state index in [9.17, 15) is 14.7 Å². The van der Waals surface area contributed by atoms with Gasteiger partial charge in [-0.2, -0.15) is 0 Å². The van der Waals surface area contributed by atoms with Gasteiger partial charge in [0.25, 0.3) is 0 Å². The predicted octanol–water partition coefficient (Wildman–Crippen LogP) is 3.66. The molecule has 0 aliphatic heterocycles. The number of nitrogens with one attached hydrogen (secondary N) is 1. The minimum atomic E-state index is -0.806. The van der Waals surface area contributed by atoms with E-state index in [2.05, 4.69) is 29.6 Å². The van der Waals surface area contributed by atoms with Gasteiger partial charge in [-0.25, -0.2) is 0 Å². The van der Waals surface area contributed by atoms with E-state index >= 15 is 0 Å². The second-order valence-corrected chi connectivity index (χ2v) is 6.61. The van der Waals surface area contributed by atoms with Crippen molar-refractivity contribution in [1.29, 1.82) is 0 Å². The van der Waals surface area contributed by atoms with Gasteiger partial charge in [-0.05, 0) is 36.0 Å². The summed E-state index contributed by atoms with van der Waals surface area (Å²) >= 11 is 0. The Morgan fingerprint density at radius 1 is 0.960 bits per heavy atom. The number of benzene rings is 2. The van der Waals surface area contributed by atoms with Crippen molar-refractivity contribution < 1.29 is 14.7 Å². The van der Waals surface area contributed by atoms with Crippen LogP contribution in [0, 0.1) is 5.92 Å². The van der Waals surface area contributed by atoms with Crippen LogP contribution in [0.5, 0.6) is 0 Å². The van der Waals surface area contributed by atoms with E-state index in [4.69, 9.17) is 0 Å². The molecule has 25 heavy (non-hydrogen) atoms. The van der Waals surface area contributed by atoms with E-state index < -0.39 is 11.9 Å². The average Bonchev–Trinajstić information content (AvgIpc) is 3.09. The zero-order valence-electron chi connectivity index (χ0n) is 14.2. The minimum absolute atomic E-state index is 0.0646. The Morgan fingerprint density at radius 3 is 2.32 bits per heavy atom. The maximum atomic E-state index is 12.1. The van der Waals surface area contributed by atoms with Crippen LogP contribution in [0.1, 0.15) is 31.2 Å². The largest absolute Gasteiger partial charge is 0.481 e. The quantitative estimate of drug-likeness (QED) is 0.845. The zero-order chi connectivity index (χ0) is 17.6. The molecule has 0 heterocycles. The molecule has 0 radical (unpaired) electrons. The van der Waals surface area contributed by atoms with Crippen molar-refractivity contribution in [3.63, 3.8) is 0 Å². The Bertz CT molecular complexity index is 725. The number of carboxylic acids is 1. The van der Waals surface area contributed by atoms with Gasteiger partial charge in [0.05, 0.1) is 5.92 Å². The lowest BCUT2D eigenvalue weighted by atomic mass is 10.0. The maximum absolute atomic E-state index is 12.1. The van der Waals surface area contributed by atoms with Gasteiger partial charge in [0.1, 0.15) is 0 Å². The van der Waals surface area contributed by atoms with E-state index in [1.54, 1.807) is 0 Å². The highest BCUT2D eigenvalue weighted by Crippen LogP contribution is 2.26. The summed E-state index contributed by atoms with van der Waals surface area (Å²) in [6.45, 7) is 0. The van der Waals surface area contributed by atoms with Gasteiger partial charge in [-0.15, -0.1) is 0 Å². The van der Waals surface area contributed by atoms with Crippen molar-refractivity contribution in [2.75, 3.05) is 0 Å². The van der Waals surface area contributed by atoms with Gasteiger partial charge >= 0.3 is 5.97 Å². The van der Waals surface area contributed by atoms with E-state index in [1.165, 1.54) is 5.56 Å². The van der Waals surface area contributed by atoms with Crippen molar-refractivity contribution in [3.8, 4) is 11.1 Å². The zero-order valence-corrected chi connectivity index (χ0v) is 14.2. The normalized spacial score (nSPS) is 19.5. The van der Waals surface area contributed by atoms with E-state index in [0.717, 1.165) is 24.0 Å². The summed E-state index contributed by atoms with van der Waals surface area (Å²) in [4.78, 5) is 23.3. The van der Waals surface area contributed by atoms with Crippen LogP contribution in [0.2, 0.25) is 0 Å². The number of carboxylic acid groups (broad SMARTS) is 1. The number of aryl methyl sites for hydroxylation is 1. The Balaban J connectivity index is 1.51. The molecule has 1 aliphatic rings. The summed E-state index contributed by atoms with van der Waals surface area (Å²) in [7, 11) is 0. The molecule has 2 aromatic carbocycles. The van der Waals surface area contributed by atoms with Crippen LogP contribution in [0.25, 0.3) is 11.1 Å². The molecule has 2 atom stereocenters. The van der Waals surface area contributed by atoms with Crippen molar-refractivity contribution in [1.82, 2.24) is 5.32 Å². The van der Waals surface area contributed by atoms with E-state index in [1.807, 2.05) is 30.3 Å². The fraction of sp³-hybridized carbons (Fsp3) is 0.333. The van der Waals surface area contributed by atoms with E-state index in [-0.39, 0.29) is 11.9 Å². The van der Waals surface area contributed by atoms with Crippen LogP contribution in [-0.2, 0) is 16.0 Å². The Kier molecular flexibility index (Phi) is 5.49. The van der Waals surface area contributed by atoms with Crippen LogP contribution in [0.4, 0.5) is 0 Å². The Hall–Kier alpha value is -2.62. The highest BCUT2D eigenvalue weighted by Gasteiger charge is 2.33. The molecule has 0 aromatic heterocycles. The number of carbonyl (C=O) groups is 2. The molecule has 4 nitrogen and oxygen atoms in total. The highest BCUT2D eigenvalue weighted by molar-refractivity contribution is 5.78. The first-order chi connectivity index (χ1) is 12.1. The van der Waals surface area contributed by atoms with Gasteiger partial charge in [0.15, 0.2) is 0 Å². The van der Waals surface area contributed by atoms with Crippen LogP contribution < -0.4 is 5.32 Å². The Morgan fingerprint density at radius 2 is 1.64 bits per heavy atom. The van der Waals surface area contributed by atoms with Crippen LogP contribution >= 0.6 is 0 Å². The molecular weight excluding hydrogens is 314 g/mol. The first-order valence-electron chi connectivity index (χ1n) is 8.80. The Labute approximate surface area is 147 Å². The highest BCUT2D eigenvalue weighted by atomic mass is 16.4. The lowest BCUT2D eigenvalue weighted by molar-refractivity contribution is -0.142. The smallest absolute Gasteiger partial charge is 0.308 e. The fourth-order valence-electron chi connectivity index (χ4n) is 3.46. The number of aliphatic carboxylic acids is 1. The average molecular weight is 337 g/mol. The molecule has 1 saturated carbocycles. The molecule has 0 saturated heterocycles. The topological polar surface area (TPSA) is 66.4 Å². The van der Waals surface area contributed by atoms with Crippen LogP contribution in [0.15, 0.2) is 54.6 Å². The molecule has 2 aromatic rings. The lowest BCUT2D eigenvalue weighted by Gasteiger charge is -2.17. The predicted molar refractivity (Wildman–Crippen MR) is 97.1 cm³/mol. The van der Waals surface area contributed by atoms with Gasteiger partial charge in [0, 0.05) is 12.5 Å². The summed E-state index contributed by atoms with van der Waals surface area (Å²) < 4.78 is 0. The molecule has 2 N–H and O–H groups in total. The third kappa shape index (κ3) is 4.47. The standard InChI is InChI=1S/C21H23NO3/c23-20(22-19-8-4-7-18(19)21(24)25)14-11-15-9-12-17(13-10-15)16-5-2-1-3-6-16/h1-3,5-6,9-10,12-13,18-19H,4,7-8,11,14H2,(H,22,23)(H,24,25). The number of hydrogen-bond donors (Lipinski definition) is 2. The van der Waals surface area contributed by atoms with Gasteiger partial charge < -0.3 is 10.4 Å². The van der Waals surface area contributed by atoms with Gasteiger partial charge in [0.2, 0.25) is 5.91 Å². The second-order valence-electron chi connectivity index (χ2n) is 6.61. The molecule has 4 heteroatoms. The molecule has 3 rings (SSSR count). The van der Waals surface area contributed by atoms with Crippen LogP contribution in [-0.4, -0.2) is 23.0 Å². The van der Waals surface area contributed by atoms with Crippen LogP contribution in [0.3, 0.4) is 0 Å². The summed E-state index contributed by atoms with van der Waals surface area (Å²) in [6, 6.07) is 18.2. The third-order valence-corrected chi connectivity index (χ3v) is 4.88. The summed E-state index contributed by atoms with van der Waals surface area (Å²) in [5, 5.41) is 12.1. The lowest BCUT2D eigenvalue weighted by Crippen LogP contribution is -2.40. The van der Waals surface area contributed by atoms with Crippen molar-refractivity contribution in [2.24, 2.45) is 5.92 Å². The van der Waals surface area contributed by atoms with Crippen molar-refractivity contribution in [2.45, 2.75) is 38.1 Å². The van der Waals surface area contributed by atoms with Gasteiger partial charge in [-0.1, -0.05) is 61.0 Å². The van der Waals surface area contributed by atoms with Crippen molar-refractivity contribution >= 4 is 11.9 Å². The fourth-order valence-corrected chi connectivity index (χ4v) is 3.46. The first kappa shape index (κ1) is 17.2. The molecule has 1 aliphatic carbocycles. The molecule has 2 unspecified atom stereocenters. The summed E-state index contributed by atoms with van der Waals surface area (Å²) in [6.07, 6.45) is 3.32. The monoisotopic (exact) mass is 337 g/mol. The number of rotatable bonds is 6.